The zero-order valence-corrected chi connectivity index (χ0v) is 18.8. The molecule has 0 unspecified atom stereocenters. The minimum absolute atomic E-state index is 0.168. The topological polar surface area (TPSA) is 77.1 Å². The van der Waals surface area contributed by atoms with E-state index >= 15 is 0 Å². The van der Waals surface area contributed by atoms with E-state index in [2.05, 4.69) is 5.32 Å². The van der Waals surface area contributed by atoms with Crippen LogP contribution in [-0.4, -0.2) is 33.1 Å². The SMILES string of the molecule is COc1ccc(NC2=C(c3ccc(C)cc3)C(=O)N(c3ccccc3OC)C2=O)cc1OC. The molecule has 0 bridgehead atoms. The average Bonchev–Trinajstić information content (AvgIpc) is 3.08. The van der Waals surface area contributed by atoms with Gasteiger partial charge in [0.25, 0.3) is 11.8 Å². The van der Waals surface area contributed by atoms with Crippen LogP contribution in [0.15, 0.2) is 72.4 Å². The summed E-state index contributed by atoms with van der Waals surface area (Å²) in [6.07, 6.45) is 0. The van der Waals surface area contributed by atoms with Crippen molar-refractivity contribution < 1.29 is 23.8 Å². The number of imide groups is 1. The molecular weight excluding hydrogens is 420 g/mol. The Balaban J connectivity index is 1.83. The number of nitrogens with zero attached hydrogens (tertiary/aromatic N) is 1. The summed E-state index contributed by atoms with van der Waals surface area (Å²) in [7, 11) is 4.58. The number of nitrogens with one attached hydrogen (secondary N) is 1. The van der Waals surface area contributed by atoms with Crippen LogP contribution >= 0.6 is 0 Å². The predicted molar refractivity (Wildman–Crippen MR) is 127 cm³/mol. The van der Waals surface area contributed by atoms with Gasteiger partial charge in [0, 0.05) is 11.8 Å². The first kappa shape index (κ1) is 22.0. The molecule has 168 valence electrons. The third kappa shape index (κ3) is 4.01. The molecule has 2 amide bonds. The van der Waals surface area contributed by atoms with Crippen LogP contribution in [0, 0.1) is 6.92 Å². The van der Waals surface area contributed by atoms with Crippen LogP contribution in [0.25, 0.3) is 5.57 Å². The zero-order valence-electron chi connectivity index (χ0n) is 18.8. The lowest BCUT2D eigenvalue weighted by atomic mass is 10.0. The lowest BCUT2D eigenvalue weighted by Gasteiger charge is -2.18. The lowest BCUT2D eigenvalue weighted by molar-refractivity contribution is -0.120. The van der Waals surface area contributed by atoms with E-state index in [0.717, 1.165) is 10.5 Å². The van der Waals surface area contributed by atoms with Gasteiger partial charge in [0.05, 0.1) is 32.6 Å². The van der Waals surface area contributed by atoms with Gasteiger partial charge in [-0.2, -0.15) is 0 Å². The van der Waals surface area contributed by atoms with Gasteiger partial charge in [-0.1, -0.05) is 42.0 Å². The second-order valence-corrected chi connectivity index (χ2v) is 7.43. The number of para-hydroxylation sites is 2. The molecular formula is C26H24N2O5. The van der Waals surface area contributed by atoms with Crippen LogP contribution in [0.5, 0.6) is 17.2 Å². The number of benzene rings is 3. The number of aryl methyl sites for hydroxylation is 1. The number of carbonyl (C=O) groups is 2. The Morgan fingerprint density at radius 3 is 2.06 bits per heavy atom. The predicted octanol–water partition coefficient (Wildman–Crippen LogP) is 4.42. The third-order valence-corrected chi connectivity index (χ3v) is 5.40. The molecule has 7 nitrogen and oxygen atoms in total. The standard InChI is InChI=1S/C26H24N2O5/c1-16-9-11-17(12-10-16)23-24(27-18-13-14-21(32-3)22(15-18)33-4)26(30)28(25(23)29)19-7-5-6-8-20(19)31-2/h5-15,27H,1-4H3. The molecule has 0 aliphatic carbocycles. The molecule has 1 heterocycles. The van der Waals surface area contributed by atoms with E-state index in [-0.39, 0.29) is 11.3 Å². The van der Waals surface area contributed by atoms with Gasteiger partial charge in [0.15, 0.2) is 11.5 Å². The highest BCUT2D eigenvalue weighted by Gasteiger charge is 2.41. The molecule has 0 atom stereocenters. The Morgan fingerprint density at radius 2 is 1.39 bits per heavy atom. The zero-order chi connectivity index (χ0) is 23.5. The quantitative estimate of drug-likeness (QED) is 0.544. The Kier molecular flexibility index (Phi) is 6.04. The van der Waals surface area contributed by atoms with Crippen molar-refractivity contribution in [1.29, 1.82) is 0 Å². The maximum Gasteiger partial charge on any atom is 0.282 e. The van der Waals surface area contributed by atoms with E-state index in [9.17, 15) is 9.59 Å². The first-order valence-electron chi connectivity index (χ1n) is 10.3. The van der Waals surface area contributed by atoms with Crippen LogP contribution in [0.1, 0.15) is 11.1 Å². The molecule has 1 N–H and O–H groups in total. The Morgan fingerprint density at radius 1 is 0.727 bits per heavy atom. The summed E-state index contributed by atoms with van der Waals surface area (Å²) < 4.78 is 16.1. The van der Waals surface area contributed by atoms with Crippen molar-refractivity contribution in [2.45, 2.75) is 6.92 Å². The molecule has 1 aliphatic heterocycles. The summed E-state index contributed by atoms with van der Waals surface area (Å²) >= 11 is 0. The third-order valence-electron chi connectivity index (χ3n) is 5.40. The number of amides is 2. The van der Waals surface area contributed by atoms with Crippen molar-refractivity contribution in [3.05, 3.63) is 83.6 Å². The normalized spacial score (nSPS) is 13.4. The molecule has 4 rings (SSSR count). The van der Waals surface area contributed by atoms with Crippen molar-refractivity contribution in [1.82, 2.24) is 0 Å². The van der Waals surface area contributed by atoms with Crippen molar-refractivity contribution in [3.63, 3.8) is 0 Å². The van der Waals surface area contributed by atoms with Crippen LogP contribution in [0.3, 0.4) is 0 Å². The molecule has 3 aromatic carbocycles. The number of ether oxygens (including phenoxy) is 3. The van der Waals surface area contributed by atoms with Gasteiger partial charge in [0.1, 0.15) is 11.4 Å². The number of rotatable bonds is 7. The van der Waals surface area contributed by atoms with Gasteiger partial charge in [-0.3, -0.25) is 9.59 Å². The Labute approximate surface area is 192 Å². The molecule has 0 spiro atoms. The molecule has 0 radical (unpaired) electrons. The largest absolute Gasteiger partial charge is 0.495 e. The van der Waals surface area contributed by atoms with Crippen LogP contribution in [0.2, 0.25) is 0 Å². The fourth-order valence-corrected chi connectivity index (χ4v) is 3.73. The maximum absolute atomic E-state index is 13.6. The van der Waals surface area contributed by atoms with Gasteiger partial charge in [-0.25, -0.2) is 4.90 Å². The highest BCUT2D eigenvalue weighted by Crippen LogP contribution is 2.38. The second kappa shape index (κ2) is 9.08. The summed E-state index contributed by atoms with van der Waals surface area (Å²) in [5, 5.41) is 3.14. The summed E-state index contributed by atoms with van der Waals surface area (Å²) in [5.41, 5.74) is 3.09. The van der Waals surface area contributed by atoms with E-state index < -0.39 is 11.8 Å². The van der Waals surface area contributed by atoms with Crippen molar-refractivity contribution in [2.75, 3.05) is 31.5 Å². The van der Waals surface area contributed by atoms with Gasteiger partial charge < -0.3 is 19.5 Å². The molecule has 33 heavy (non-hydrogen) atoms. The number of hydrogen-bond acceptors (Lipinski definition) is 6. The number of carbonyl (C=O) groups excluding carboxylic acids is 2. The van der Waals surface area contributed by atoms with Gasteiger partial charge in [-0.15, -0.1) is 0 Å². The van der Waals surface area contributed by atoms with E-state index in [1.54, 1.807) is 49.6 Å². The average molecular weight is 444 g/mol. The van der Waals surface area contributed by atoms with Crippen molar-refractivity contribution >= 4 is 28.8 Å². The number of anilines is 2. The highest BCUT2D eigenvalue weighted by atomic mass is 16.5. The minimum Gasteiger partial charge on any atom is -0.495 e. The van der Waals surface area contributed by atoms with Crippen LogP contribution in [0.4, 0.5) is 11.4 Å². The molecule has 7 heteroatoms. The smallest absolute Gasteiger partial charge is 0.282 e. The van der Waals surface area contributed by atoms with Gasteiger partial charge in [-0.05, 0) is 36.8 Å². The molecule has 3 aromatic rings. The summed E-state index contributed by atoms with van der Waals surface area (Å²) in [6.45, 7) is 1.96. The first-order chi connectivity index (χ1) is 16.0. The van der Waals surface area contributed by atoms with Crippen LogP contribution in [-0.2, 0) is 9.59 Å². The second-order valence-electron chi connectivity index (χ2n) is 7.43. The fraction of sp³-hybridized carbons (Fsp3) is 0.154. The summed E-state index contributed by atoms with van der Waals surface area (Å²) in [5.74, 6) is 0.569. The lowest BCUT2D eigenvalue weighted by Crippen LogP contribution is -2.32. The summed E-state index contributed by atoms with van der Waals surface area (Å²) in [4.78, 5) is 28.3. The Bertz CT molecular complexity index is 1250. The molecule has 0 fully saturated rings. The van der Waals surface area contributed by atoms with Crippen molar-refractivity contribution in [3.8, 4) is 17.2 Å². The van der Waals surface area contributed by atoms with Gasteiger partial charge >= 0.3 is 0 Å². The molecule has 0 saturated heterocycles. The Hall–Kier alpha value is -4.26. The number of hydrogen-bond donors (Lipinski definition) is 1. The maximum atomic E-state index is 13.6. The molecule has 0 aromatic heterocycles. The van der Waals surface area contributed by atoms with Crippen molar-refractivity contribution in [2.24, 2.45) is 0 Å². The number of methoxy groups -OCH3 is 3. The highest BCUT2D eigenvalue weighted by molar-refractivity contribution is 6.46. The molecule has 0 saturated carbocycles. The van der Waals surface area contributed by atoms with Gasteiger partial charge in [0.2, 0.25) is 0 Å². The van der Waals surface area contributed by atoms with E-state index in [1.165, 1.54) is 14.2 Å². The molecule has 1 aliphatic rings. The van der Waals surface area contributed by atoms with Crippen LogP contribution < -0.4 is 24.4 Å². The first-order valence-corrected chi connectivity index (χ1v) is 10.3. The van der Waals surface area contributed by atoms with E-state index in [1.807, 2.05) is 31.2 Å². The fourth-order valence-electron chi connectivity index (χ4n) is 3.73. The van der Waals surface area contributed by atoms with E-state index in [0.29, 0.717) is 34.2 Å². The summed E-state index contributed by atoms with van der Waals surface area (Å²) in [6, 6.07) is 19.6. The monoisotopic (exact) mass is 444 g/mol. The minimum atomic E-state index is -0.477. The van der Waals surface area contributed by atoms with E-state index in [4.69, 9.17) is 14.2 Å².